The van der Waals surface area contributed by atoms with Gasteiger partial charge in [-0.2, -0.15) is 0 Å². The fraction of sp³-hybridized carbons (Fsp3) is 0.250. The number of carboxylic acids is 1. The van der Waals surface area contributed by atoms with E-state index in [1.165, 1.54) is 12.1 Å². The van der Waals surface area contributed by atoms with Crippen LogP contribution in [0.15, 0.2) is 48.5 Å². The summed E-state index contributed by atoms with van der Waals surface area (Å²) in [6, 6.07) is 13.2. The van der Waals surface area contributed by atoms with E-state index in [0.29, 0.717) is 37.2 Å². The lowest BCUT2D eigenvalue weighted by Gasteiger charge is -2.08. The van der Waals surface area contributed by atoms with Gasteiger partial charge in [0, 0.05) is 25.1 Å². The summed E-state index contributed by atoms with van der Waals surface area (Å²) in [7, 11) is 1.56. The van der Waals surface area contributed by atoms with Crippen LogP contribution in [0.1, 0.15) is 32.7 Å². The summed E-state index contributed by atoms with van der Waals surface area (Å²) in [6.07, 6.45) is 0.808. The molecule has 0 unspecified atom stereocenters. The van der Waals surface area contributed by atoms with Gasteiger partial charge >= 0.3 is 5.97 Å². The number of ether oxygens (including phenoxy) is 1. The number of hydrogen-bond donors (Lipinski definition) is 3. The number of carbonyl (C=O) groups is 3. The third-order valence-corrected chi connectivity index (χ3v) is 3.93. The first-order valence-corrected chi connectivity index (χ1v) is 8.51. The van der Waals surface area contributed by atoms with Crippen molar-refractivity contribution >= 4 is 17.8 Å². The number of amides is 2. The van der Waals surface area contributed by atoms with Crippen LogP contribution in [0, 0.1) is 0 Å². The molecule has 0 fully saturated rings. The van der Waals surface area contributed by atoms with Gasteiger partial charge in [-0.15, -0.1) is 0 Å². The van der Waals surface area contributed by atoms with E-state index in [9.17, 15) is 14.4 Å². The Morgan fingerprint density at radius 2 is 1.48 bits per heavy atom. The van der Waals surface area contributed by atoms with Gasteiger partial charge in [-0.05, 0) is 48.4 Å². The van der Waals surface area contributed by atoms with Crippen molar-refractivity contribution in [1.82, 2.24) is 10.6 Å². The molecule has 0 heterocycles. The third kappa shape index (κ3) is 6.47. The summed E-state index contributed by atoms with van der Waals surface area (Å²) in [5, 5.41) is 14.3. The molecule has 0 bridgehead atoms. The fourth-order valence-electron chi connectivity index (χ4n) is 2.38. The molecule has 2 rings (SSSR count). The van der Waals surface area contributed by atoms with Crippen LogP contribution in [-0.2, 0) is 11.2 Å². The van der Waals surface area contributed by atoms with Crippen molar-refractivity contribution in [3.63, 3.8) is 0 Å². The smallest absolute Gasteiger partial charge is 0.335 e. The molecule has 27 heavy (non-hydrogen) atoms. The number of benzene rings is 2. The summed E-state index contributed by atoms with van der Waals surface area (Å²) in [5.74, 6) is -0.645. The monoisotopic (exact) mass is 370 g/mol. The van der Waals surface area contributed by atoms with Crippen molar-refractivity contribution in [3.8, 4) is 5.75 Å². The van der Waals surface area contributed by atoms with Crippen LogP contribution in [0.5, 0.6) is 5.75 Å². The second kappa shape index (κ2) is 9.96. The molecule has 0 spiro atoms. The van der Waals surface area contributed by atoms with E-state index in [2.05, 4.69) is 10.6 Å². The van der Waals surface area contributed by atoms with Gasteiger partial charge < -0.3 is 20.5 Å². The van der Waals surface area contributed by atoms with Crippen molar-refractivity contribution in [2.75, 3.05) is 20.2 Å². The minimum absolute atomic E-state index is 0.129. The molecule has 0 aliphatic rings. The maximum absolute atomic E-state index is 12.0. The van der Waals surface area contributed by atoms with E-state index in [1.807, 2.05) is 0 Å². The fourth-order valence-corrected chi connectivity index (χ4v) is 2.38. The largest absolute Gasteiger partial charge is 0.497 e. The predicted molar refractivity (Wildman–Crippen MR) is 100 cm³/mol. The van der Waals surface area contributed by atoms with Crippen LogP contribution in [0.3, 0.4) is 0 Å². The first-order chi connectivity index (χ1) is 13.0. The van der Waals surface area contributed by atoms with Crippen LogP contribution < -0.4 is 15.4 Å². The predicted octanol–water partition coefficient (Wildman–Crippen LogP) is 1.87. The van der Waals surface area contributed by atoms with Gasteiger partial charge in [0.25, 0.3) is 5.91 Å². The molecule has 7 nitrogen and oxygen atoms in total. The number of nitrogens with one attached hydrogen (secondary N) is 2. The van der Waals surface area contributed by atoms with Crippen LogP contribution >= 0.6 is 0 Å². The molecule has 142 valence electrons. The SMILES string of the molecule is COc1ccc(C(=O)NCCNC(=O)CCc2ccc(C(=O)O)cc2)cc1. The maximum Gasteiger partial charge on any atom is 0.335 e. The van der Waals surface area contributed by atoms with Crippen molar-refractivity contribution in [2.24, 2.45) is 0 Å². The Kier molecular flexibility index (Phi) is 7.37. The van der Waals surface area contributed by atoms with Crippen LogP contribution in [-0.4, -0.2) is 43.1 Å². The van der Waals surface area contributed by atoms with Crippen molar-refractivity contribution in [1.29, 1.82) is 0 Å². The zero-order valence-corrected chi connectivity index (χ0v) is 15.0. The van der Waals surface area contributed by atoms with Gasteiger partial charge in [0.1, 0.15) is 5.75 Å². The van der Waals surface area contributed by atoms with Crippen LogP contribution in [0.2, 0.25) is 0 Å². The van der Waals surface area contributed by atoms with E-state index in [0.717, 1.165) is 5.56 Å². The van der Waals surface area contributed by atoms with Gasteiger partial charge in [0.2, 0.25) is 5.91 Å². The number of aryl methyl sites for hydroxylation is 1. The summed E-state index contributed by atoms with van der Waals surface area (Å²) < 4.78 is 5.04. The first-order valence-electron chi connectivity index (χ1n) is 8.51. The standard InChI is InChI=1S/C20H22N2O5/c1-27-17-9-7-15(8-10-17)19(24)22-13-12-21-18(23)11-4-14-2-5-16(6-3-14)20(25)26/h2-3,5-10H,4,11-13H2,1H3,(H,21,23)(H,22,24)(H,25,26). The van der Waals surface area contributed by atoms with E-state index >= 15 is 0 Å². The molecule has 2 amide bonds. The third-order valence-electron chi connectivity index (χ3n) is 3.93. The molecular weight excluding hydrogens is 348 g/mol. The quantitative estimate of drug-likeness (QED) is 0.585. The Labute approximate surface area is 157 Å². The number of hydrogen-bond acceptors (Lipinski definition) is 4. The molecule has 0 saturated heterocycles. The molecular formula is C20H22N2O5. The number of rotatable bonds is 9. The van der Waals surface area contributed by atoms with Crippen molar-refractivity contribution < 1.29 is 24.2 Å². The number of carboxylic acid groups (broad SMARTS) is 1. The maximum atomic E-state index is 12.0. The lowest BCUT2D eigenvalue weighted by atomic mass is 10.1. The van der Waals surface area contributed by atoms with Gasteiger partial charge in [0.05, 0.1) is 12.7 Å². The number of carbonyl (C=O) groups excluding carboxylic acids is 2. The highest BCUT2D eigenvalue weighted by Crippen LogP contribution is 2.11. The van der Waals surface area contributed by atoms with Gasteiger partial charge in [-0.1, -0.05) is 12.1 Å². The molecule has 7 heteroatoms. The molecule has 2 aromatic carbocycles. The summed E-state index contributed by atoms with van der Waals surface area (Å²) in [4.78, 5) is 34.6. The molecule has 0 aliphatic carbocycles. The zero-order valence-electron chi connectivity index (χ0n) is 15.0. The zero-order chi connectivity index (χ0) is 19.6. The van der Waals surface area contributed by atoms with Gasteiger partial charge in [0.15, 0.2) is 0 Å². The lowest BCUT2D eigenvalue weighted by Crippen LogP contribution is -2.34. The van der Waals surface area contributed by atoms with Gasteiger partial charge in [-0.3, -0.25) is 9.59 Å². The molecule has 0 saturated carbocycles. The molecule has 0 aliphatic heterocycles. The average molecular weight is 370 g/mol. The van der Waals surface area contributed by atoms with E-state index < -0.39 is 5.97 Å². The Hall–Kier alpha value is -3.35. The summed E-state index contributed by atoms with van der Waals surface area (Å²) >= 11 is 0. The van der Waals surface area contributed by atoms with Crippen LogP contribution in [0.25, 0.3) is 0 Å². The van der Waals surface area contributed by atoms with E-state index in [1.54, 1.807) is 43.5 Å². The number of methoxy groups -OCH3 is 1. The summed E-state index contributed by atoms with van der Waals surface area (Å²) in [6.45, 7) is 0.655. The molecule has 0 radical (unpaired) electrons. The molecule has 0 aromatic heterocycles. The minimum atomic E-state index is -0.976. The molecule has 2 aromatic rings. The van der Waals surface area contributed by atoms with E-state index in [4.69, 9.17) is 9.84 Å². The lowest BCUT2D eigenvalue weighted by molar-refractivity contribution is -0.121. The second-order valence-electron chi connectivity index (χ2n) is 5.84. The first kappa shape index (κ1) is 20.0. The molecule has 3 N–H and O–H groups in total. The van der Waals surface area contributed by atoms with Crippen molar-refractivity contribution in [3.05, 3.63) is 65.2 Å². The minimum Gasteiger partial charge on any atom is -0.497 e. The highest BCUT2D eigenvalue weighted by Gasteiger charge is 2.07. The Morgan fingerprint density at radius 1 is 0.889 bits per heavy atom. The second-order valence-corrected chi connectivity index (χ2v) is 5.84. The van der Waals surface area contributed by atoms with E-state index in [-0.39, 0.29) is 17.4 Å². The van der Waals surface area contributed by atoms with Crippen LogP contribution in [0.4, 0.5) is 0 Å². The van der Waals surface area contributed by atoms with Gasteiger partial charge in [-0.25, -0.2) is 4.79 Å². The number of aromatic carboxylic acids is 1. The Morgan fingerprint density at radius 3 is 2.07 bits per heavy atom. The topological polar surface area (TPSA) is 105 Å². The highest BCUT2D eigenvalue weighted by atomic mass is 16.5. The Balaban J connectivity index is 1.65. The summed E-state index contributed by atoms with van der Waals surface area (Å²) in [5.41, 5.74) is 1.63. The average Bonchev–Trinajstić information content (AvgIpc) is 2.69. The molecule has 0 atom stereocenters. The van der Waals surface area contributed by atoms with Crippen molar-refractivity contribution in [2.45, 2.75) is 12.8 Å². The normalized spacial score (nSPS) is 10.1. The Bertz CT molecular complexity index is 785. The highest BCUT2D eigenvalue weighted by molar-refractivity contribution is 5.94.